The van der Waals surface area contributed by atoms with Crippen molar-refractivity contribution in [2.45, 2.75) is 13.0 Å². The normalized spacial score (nSPS) is 20.5. The van der Waals surface area contributed by atoms with Gasteiger partial charge in [0.05, 0.1) is 5.69 Å². The van der Waals surface area contributed by atoms with E-state index in [1.165, 1.54) is 0 Å². The number of aliphatic imine (C=N–C) groups is 1. The van der Waals surface area contributed by atoms with Gasteiger partial charge >= 0.3 is 0 Å². The maximum atomic E-state index is 13.0. The molecular formula is C19H17ClN2O3S. The highest BCUT2D eigenvalue weighted by Crippen LogP contribution is 2.33. The Labute approximate surface area is 161 Å². The first-order valence-corrected chi connectivity index (χ1v) is 9.66. The van der Waals surface area contributed by atoms with Crippen molar-refractivity contribution >= 4 is 40.1 Å². The molecule has 0 aliphatic carbocycles. The number of ether oxygens (including phenoxy) is 2. The van der Waals surface area contributed by atoms with E-state index in [2.05, 4.69) is 4.99 Å². The van der Waals surface area contributed by atoms with Gasteiger partial charge in [-0.2, -0.15) is 0 Å². The van der Waals surface area contributed by atoms with Crippen LogP contribution in [-0.2, 0) is 4.79 Å². The molecule has 0 aromatic heterocycles. The minimum absolute atomic E-state index is 0.136. The van der Waals surface area contributed by atoms with Crippen LogP contribution in [0, 0.1) is 6.92 Å². The third-order valence-corrected chi connectivity index (χ3v) is 5.65. The second-order valence-corrected chi connectivity index (χ2v) is 7.45. The Kier molecular flexibility index (Phi) is 4.78. The Morgan fingerprint density at radius 3 is 2.88 bits per heavy atom. The molecule has 1 fully saturated rings. The number of halogens is 1. The average molecular weight is 389 g/mol. The molecule has 2 aromatic carbocycles. The number of amidine groups is 1. The lowest BCUT2D eigenvalue weighted by Crippen LogP contribution is -2.46. The number of amides is 1. The van der Waals surface area contributed by atoms with Crippen molar-refractivity contribution in [1.82, 2.24) is 4.90 Å². The summed E-state index contributed by atoms with van der Waals surface area (Å²) < 4.78 is 11.5. The Balaban J connectivity index is 1.56. The van der Waals surface area contributed by atoms with Gasteiger partial charge in [-0.3, -0.25) is 9.69 Å². The highest BCUT2D eigenvalue weighted by molar-refractivity contribution is 8.14. The van der Waals surface area contributed by atoms with Crippen LogP contribution in [-0.4, -0.2) is 41.0 Å². The fourth-order valence-electron chi connectivity index (χ4n) is 2.83. The number of hydrogen-bond acceptors (Lipinski definition) is 5. The number of rotatable bonds is 2. The molecule has 5 nitrogen and oxygen atoms in total. The van der Waals surface area contributed by atoms with Gasteiger partial charge in [0.2, 0.25) is 6.10 Å². The standard InChI is InChI=1S/C19H17ClN2O3S/c1-12-13(20)5-4-6-14(12)21-19-22(9-10-26-19)18(23)17-11-24-15-7-2-3-8-16(15)25-17/h2-8,17H,9-11H2,1H3/t17-/m0/s1. The molecular weight excluding hydrogens is 372 g/mol. The van der Waals surface area contributed by atoms with Crippen molar-refractivity contribution in [2.75, 3.05) is 18.9 Å². The Bertz CT molecular complexity index is 887. The molecule has 2 heterocycles. The van der Waals surface area contributed by atoms with Gasteiger partial charge in [0, 0.05) is 17.3 Å². The Morgan fingerprint density at radius 2 is 2.04 bits per heavy atom. The molecule has 0 unspecified atom stereocenters. The fourth-order valence-corrected chi connectivity index (χ4v) is 3.96. The molecule has 26 heavy (non-hydrogen) atoms. The zero-order valence-electron chi connectivity index (χ0n) is 14.1. The first-order valence-electron chi connectivity index (χ1n) is 8.30. The van der Waals surface area contributed by atoms with Gasteiger partial charge in [-0.25, -0.2) is 4.99 Å². The lowest BCUT2D eigenvalue weighted by atomic mass is 10.2. The summed E-state index contributed by atoms with van der Waals surface area (Å²) in [4.78, 5) is 19.3. The van der Waals surface area contributed by atoms with Crippen molar-refractivity contribution in [2.24, 2.45) is 4.99 Å². The molecule has 2 aliphatic rings. The molecule has 1 atom stereocenters. The van der Waals surface area contributed by atoms with E-state index in [1.807, 2.05) is 43.3 Å². The minimum Gasteiger partial charge on any atom is -0.485 e. The second kappa shape index (κ2) is 7.21. The third-order valence-electron chi connectivity index (χ3n) is 4.28. The van der Waals surface area contributed by atoms with Gasteiger partial charge in [-0.15, -0.1) is 0 Å². The van der Waals surface area contributed by atoms with Crippen LogP contribution in [0.5, 0.6) is 11.5 Å². The van der Waals surface area contributed by atoms with E-state index < -0.39 is 6.10 Å². The second-order valence-electron chi connectivity index (χ2n) is 5.98. The van der Waals surface area contributed by atoms with Gasteiger partial charge in [-0.05, 0) is 36.8 Å². The zero-order chi connectivity index (χ0) is 18.1. The molecule has 0 saturated carbocycles. The highest BCUT2D eigenvalue weighted by atomic mass is 35.5. The quantitative estimate of drug-likeness (QED) is 0.778. The predicted molar refractivity (Wildman–Crippen MR) is 104 cm³/mol. The molecule has 1 amide bonds. The van der Waals surface area contributed by atoms with E-state index >= 15 is 0 Å². The van der Waals surface area contributed by atoms with E-state index in [0.717, 1.165) is 17.0 Å². The number of para-hydroxylation sites is 2. The molecule has 0 radical (unpaired) electrons. The number of carbonyl (C=O) groups is 1. The maximum Gasteiger partial charge on any atom is 0.273 e. The van der Waals surface area contributed by atoms with Crippen LogP contribution in [0.1, 0.15) is 5.56 Å². The van der Waals surface area contributed by atoms with Crippen LogP contribution in [0.2, 0.25) is 5.02 Å². The Hall–Kier alpha value is -2.18. The summed E-state index contributed by atoms with van der Waals surface area (Å²) in [5.41, 5.74) is 1.67. The van der Waals surface area contributed by atoms with E-state index in [9.17, 15) is 4.79 Å². The van der Waals surface area contributed by atoms with Crippen molar-refractivity contribution in [3.63, 3.8) is 0 Å². The lowest BCUT2D eigenvalue weighted by molar-refractivity contribution is -0.136. The fraction of sp³-hybridized carbons (Fsp3) is 0.263. The number of hydrogen-bond donors (Lipinski definition) is 0. The first-order chi connectivity index (χ1) is 12.6. The number of nitrogens with zero attached hydrogens (tertiary/aromatic N) is 2. The maximum absolute atomic E-state index is 13.0. The summed E-state index contributed by atoms with van der Waals surface area (Å²) in [6.45, 7) is 2.71. The first kappa shape index (κ1) is 17.2. The third kappa shape index (κ3) is 3.27. The van der Waals surface area contributed by atoms with Crippen molar-refractivity contribution < 1.29 is 14.3 Å². The summed E-state index contributed by atoms with van der Waals surface area (Å²) in [6.07, 6.45) is -0.672. The van der Waals surface area contributed by atoms with Crippen LogP contribution in [0.3, 0.4) is 0 Å². The summed E-state index contributed by atoms with van der Waals surface area (Å²) in [7, 11) is 0. The summed E-state index contributed by atoms with van der Waals surface area (Å²) in [5.74, 6) is 1.92. The summed E-state index contributed by atoms with van der Waals surface area (Å²) in [6, 6.07) is 12.9. The van der Waals surface area contributed by atoms with Crippen LogP contribution in [0.25, 0.3) is 0 Å². The van der Waals surface area contributed by atoms with E-state index in [0.29, 0.717) is 28.2 Å². The molecule has 7 heteroatoms. The largest absolute Gasteiger partial charge is 0.485 e. The molecule has 2 aliphatic heterocycles. The predicted octanol–water partition coefficient (Wildman–Crippen LogP) is 4.05. The van der Waals surface area contributed by atoms with Gasteiger partial charge in [0.1, 0.15) is 6.61 Å². The minimum atomic E-state index is -0.672. The molecule has 0 spiro atoms. The van der Waals surface area contributed by atoms with Gasteiger partial charge in [0.15, 0.2) is 16.7 Å². The molecule has 2 aromatic rings. The van der Waals surface area contributed by atoms with Crippen molar-refractivity contribution in [1.29, 1.82) is 0 Å². The molecule has 4 rings (SSSR count). The van der Waals surface area contributed by atoms with Gasteiger partial charge in [-0.1, -0.05) is 41.6 Å². The smallest absolute Gasteiger partial charge is 0.273 e. The SMILES string of the molecule is Cc1c(Cl)cccc1N=C1SCCN1C(=O)[C@@H]1COc2ccccc2O1. The Morgan fingerprint density at radius 1 is 1.23 bits per heavy atom. The number of benzene rings is 2. The highest BCUT2D eigenvalue weighted by Gasteiger charge is 2.35. The van der Waals surface area contributed by atoms with Crippen LogP contribution in [0.15, 0.2) is 47.5 Å². The lowest BCUT2D eigenvalue weighted by Gasteiger charge is -2.28. The molecule has 0 N–H and O–H groups in total. The number of fused-ring (bicyclic) bond motifs is 1. The zero-order valence-corrected chi connectivity index (χ0v) is 15.7. The molecule has 134 valence electrons. The van der Waals surface area contributed by atoms with E-state index in [4.69, 9.17) is 21.1 Å². The van der Waals surface area contributed by atoms with E-state index in [-0.39, 0.29) is 12.5 Å². The summed E-state index contributed by atoms with van der Waals surface area (Å²) >= 11 is 7.73. The van der Waals surface area contributed by atoms with Gasteiger partial charge < -0.3 is 9.47 Å². The van der Waals surface area contributed by atoms with Crippen molar-refractivity contribution in [3.8, 4) is 11.5 Å². The average Bonchev–Trinajstić information content (AvgIpc) is 3.12. The topological polar surface area (TPSA) is 51.1 Å². The molecule has 0 bridgehead atoms. The van der Waals surface area contributed by atoms with E-state index in [1.54, 1.807) is 22.7 Å². The van der Waals surface area contributed by atoms with Crippen LogP contribution < -0.4 is 9.47 Å². The monoisotopic (exact) mass is 388 g/mol. The van der Waals surface area contributed by atoms with Crippen LogP contribution >= 0.6 is 23.4 Å². The van der Waals surface area contributed by atoms with Crippen molar-refractivity contribution in [3.05, 3.63) is 53.1 Å². The molecule has 1 saturated heterocycles. The summed E-state index contributed by atoms with van der Waals surface area (Å²) in [5, 5.41) is 1.33. The number of thioether (sulfide) groups is 1. The van der Waals surface area contributed by atoms with Gasteiger partial charge in [0.25, 0.3) is 5.91 Å². The van der Waals surface area contributed by atoms with Crippen LogP contribution in [0.4, 0.5) is 5.69 Å². The number of carbonyl (C=O) groups excluding carboxylic acids is 1.